The first-order valence-electron chi connectivity index (χ1n) is 14.1. The standard InChI is InChI=1S/C34H33ClN2O5S/c1-6-40-27-17-24(16-26(35)31(27)42-19-23-12-8-20(3)9-13-23)18-28-32(38)37-30(25-14-10-21(4)11-15-25)29(33(39)41-7-2)22(5)36-34(37)43-28/h8-18,30H,6-7,19H2,1-5H3/b28-18+/t30-/m0/s1. The van der Waals surface area contributed by atoms with Gasteiger partial charge in [-0.3, -0.25) is 9.36 Å². The molecule has 0 radical (unpaired) electrons. The molecule has 2 heterocycles. The zero-order chi connectivity index (χ0) is 30.7. The van der Waals surface area contributed by atoms with Crippen LogP contribution in [0.1, 0.15) is 54.6 Å². The van der Waals surface area contributed by atoms with E-state index in [0.29, 0.717) is 55.9 Å². The van der Waals surface area contributed by atoms with Gasteiger partial charge in [0.05, 0.1) is 40.1 Å². The lowest BCUT2D eigenvalue weighted by Crippen LogP contribution is -2.39. The quantitative estimate of drug-likeness (QED) is 0.214. The molecule has 0 amide bonds. The molecule has 0 N–H and O–H groups in total. The summed E-state index contributed by atoms with van der Waals surface area (Å²) in [7, 11) is 0. The van der Waals surface area contributed by atoms with E-state index in [-0.39, 0.29) is 12.2 Å². The Kier molecular flexibility index (Phi) is 9.18. The number of fused-ring (bicyclic) bond motifs is 1. The molecule has 9 heteroatoms. The van der Waals surface area contributed by atoms with Crippen LogP contribution in [-0.2, 0) is 16.1 Å². The van der Waals surface area contributed by atoms with E-state index in [1.54, 1.807) is 30.6 Å². The van der Waals surface area contributed by atoms with E-state index < -0.39 is 12.0 Å². The maximum Gasteiger partial charge on any atom is 0.338 e. The normalized spacial score (nSPS) is 14.7. The van der Waals surface area contributed by atoms with E-state index in [2.05, 4.69) is 4.99 Å². The van der Waals surface area contributed by atoms with Crippen LogP contribution in [0, 0.1) is 13.8 Å². The van der Waals surface area contributed by atoms with Crippen molar-refractivity contribution in [3.63, 3.8) is 0 Å². The Morgan fingerprint density at radius 2 is 1.65 bits per heavy atom. The van der Waals surface area contributed by atoms with E-state index >= 15 is 0 Å². The van der Waals surface area contributed by atoms with Crippen molar-refractivity contribution in [2.75, 3.05) is 13.2 Å². The van der Waals surface area contributed by atoms with E-state index in [0.717, 1.165) is 16.7 Å². The number of rotatable bonds is 9. The van der Waals surface area contributed by atoms with Crippen LogP contribution in [-0.4, -0.2) is 23.8 Å². The molecule has 5 rings (SSSR count). The van der Waals surface area contributed by atoms with Gasteiger partial charge in [0.25, 0.3) is 5.56 Å². The number of ether oxygens (including phenoxy) is 3. The lowest BCUT2D eigenvalue weighted by atomic mass is 9.95. The minimum absolute atomic E-state index is 0.217. The molecule has 0 fully saturated rings. The summed E-state index contributed by atoms with van der Waals surface area (Å²) >= 11 is 7.96. The maximum atomic E-state index is 14.0. The van der Waals surface area contributed by atoms with Crippen molar-refractivity contribution in [2.45, 2.75) is 47.3 Å². The molecule has 4 aromatic rings. The third-order valence-corrected chi connectivity index (χ3v) is 8.31. The summed E-state index contributed by atoms with van der Waals surface area (Å²) in [6.07, 6.45) is 1.76. The number of benzene rings is 3. The lowest BCUT2D eigenvalue weighted by molar-refractivity contribution is -0.139. The molecule has 1 atom stereocenters. The van der Waals surface area contributed by atoms with Crippen LogP contribution in [0.15, 0.2) is 81.7 Å². The Balaban J connectivity index is 1.58. The molecule has 1 aromatic heterocycles. The molecule has 0 aliphatic carbocycles. The predicted octanol–water partition coefficient (Wildman–Crippen LogP) is 6.05. The van der Waals surface area contributed by atoms with Gasteiger partial charge in [0.15, 0.2) is 16.3 Å². The summed E-state index contributed by atoms with van der Waals surface area (Å²) in [5.74, 6) is 0.439. The van der Waals surface area contributed by atoms with Gasteiger partial charge < -0.3 is 14.2 Å². The summed E-state index contributed by atoms with van der Waals surface area (Å²) in [5, 5.41) is 0.370. The summed E-state index contributed by atoms with van der Waals surface area (Å²) in [6, 6.07) is 18.8. The number of halogens is 1. The topological polar surface area (TPSA) is 79.1 Å². The number of allylic oxidation sites excluding steroid dienone is 1. The van der Waals surface area contributed by atoms with Gasteiger partial charge in [0.2, 0.25) is 0 Å². The minimum atomic E-state index is -0.668. The van der Waals surface area contributed by atoms with Crippen LogP contribution in [0.2, 0.25) is 5.02 Å². The Hall–Kier alpha value is -4.14. The van der Waals surface area contributed by atoms with Crippen LogP contribution in [0.3, 0.4) is 0 Å². The Morgan fingerprint density at radius 3 is 2.30 bits per heavy atom. The van der Waals surface area contributed by atoms with Gasteiger partial charge in [-0.1, -0.05) is 82.6 Å². The fourth-order valence-electron chi connectivity index (χ4n) is 4.92. The van der Waals surface area contributed by atoms with Gasteiger partial charge in [-0.05, 0) is 69.5 Å². The molecular weight excluding hydrogens is 584 g/mol. The maximum absolute atomic E-state index is 14.0. The minimum Gasteiger partial charge on any atom is -0.490 e. The zero-order valence-corrected chi connectivity index (χ0v) is 26.3. The number of carbonyl (C=O) groups excluding carboxylic acids is 1. The first-order valence-corrected chi connectivity index (χ1v) is 15.3. The van der Waals surface area contributed by atoms with Crippen LogP contribution in [0.25, 0.3) is 6.08 Å². The molecule has 1 aliphatic rings. The van der Waals surface area contributed by atoms with Gasteiger partial charge in [-0.15, -0.1) is 0 Å². The third-order valence-electron chi connectivity index (χ3n) is 7.04. The summed E-state index contributed by atoms with van der Waals surface area (Å²) < 4.78 is 19.4. The molecule has 1 aliphatic heterocycles. The smallest absolute Gasteiger partial charge is 0.338 e. The summed E-state index contributed by atoms with van der Waals surface area (Å²) in [5.41, 5.74) is 5.33. The third kappa shape index (κ3) is 6.45. The van der Waals surface area contributed by atoms with Crippen LogP contribution in [0.5, 0.6) is 11.5 Å². The molecule has 7 nitrogen and oxygen atoms in total. The number of hydrogen-bond donors (Lipinski definition) is 0. The molecule has 0 saturated heterocycles. The van der Waals surface area contributed by atoms with Gasteiger partial charge in [-0.2, -0.15) is 0 Å². The monoisotopic (exact) mass is 616 g/mol. The van der Waals surface area contributed by atoms with E-state index in [4.69, 9.17) is 25.8 Å². The molecule has 43 heavy (non-hydrogen) atoms. The number of esters is 1. The van der Waals surface area contributed by atoms with Crippen LogP contribution < -0.4 is 24.4 Å². The molecular formula is C34H33ClN2O5S. The van der Waals surface area contributed by atoms with E-state index in [1.165, 1.54) is 16.9 Å². The van der Waals surface area contributed by atoms with Crippen molar-refractivity contribution >= 4 is 35.0 Å². The van der Waals surface area contributed by atoms with Gasteiger partial charge in [0, 0.05) is 0 Å². The highest BCUT2D eigenvalue weighted by atomic mass is 35.5. The summed E-state index contributed by atoms with van der Waals surface area (Å²) in [6.45, 7) is 10.4. The highest BCUT2D eigenvalue weighted by Crippen LogP contribution is 2.37. The second-order valence-corrected chi connectivity index (χ2v) is 11.7. The second-order valence-electron chi connectivity index (χ2n) is 10.3. The van der Waals surface area contributed by atoms with Crippen LogP contribution >= 0.6 is 22.9 Å². The molecule has 0 spiro atoms. The fraction of sp³-hybridized carbons (Fsp3) is 0.265. The average molecular weight is 617 g/mol. The van der Waals surface area contributed by atoms with Crippen molar-refractivity contribution in [3.8, 4) is 11.5 Å². The number of hydrogen-bond acceptors (Lipinski definition) is 7. The van der Waals surface area contributed by atoms with Crippen LogP contribution in [0.4, 0.5) is 0 Å². The number of nitrogens with zero attached hydrogens (tertiary/aromatic N) is 2. The number of aryl methyl sites for hydroxylation is 2. The average Bonchev–Trinajstić information content (AvgIpc) is 3.27. The first kappa shape index (κ1) is 30.3. The number of aromatic nitrogens is 1. The fourth-order valence-corrected chi connectivity index (χ4v) is 6.24. The predicted molar refractivity (Wildman–Crippen MR) is 170 cm³/mol. The van der Waals surface area contributed by atoms with E-state index in [1.807, 2.05) is 75.4 Å². The highest BCUT2D eigenvalue weighted by Gasteiger charge is 2.33. The SMILES string of the molecule is CCOC(=O)C1=C(C)N=c2s/c(=C/c3cc(Cl)c(OCc4ccc(C)cc4)c(OCC)c3)c(=O)n2[C@H]1c1ccc(C)cc1. The highest BCUT2D eigenvalue weighted by molar-refractivity contribution is 7.07. The first-order chi connectivity index (χ1) is 20.7. The van der Waals surface area contributed by atoms with Crippen molar-refractivity contribution in [2.24, 2.45) is 4.99 Å². The second kappa shape index (κ2) is 13.0. The Bertz CT molecular complexity index is 1870. The molecule has 0 saturated carbocycles. The molecule has 222 valence electrons. The Morgan fingerprint density at radius 1 is 0.977 bits per heavy atom. The number of thiazole rings is 1. The van der Waals surface area contributed by atoms with Crippen molar-refractivity contribution in [1.82, 2.24) is 4.57 Å². The largest absolute Gasteiger partial charge is 0.490 e. The molecule has 0 bridgehead atoms. The van der Waals surface area contributed by atoms with Crippen molar-refractivity contribution in [3.05, 3.63) is 124 Å². The van der Waals surface area contributed by atoms with Crippen molar-refractivity contribution < 1.29 is 19.0 Å². The van der Waals surface area contributed by atoms with Crippen molar-refractivity contribution in [1.29, 1.82) is 0 Å². The van der Waals surface area contributed by atoms with Gasteiger partial charge in [0.1, 0.15) is 6.61 Å². The van der Waals surface area contributed by atoms with Gasteiger partial charge in [-0.25, -0.2) is 9.79 Å². The van der Waals surface area contributed by atoms with E-state index in [9.17, 15) is 9.59 Å². The zero-order valence-electron chi connectivity index (χ0n) is 24.8. The summed E-state index contributed by atoms with van der Waals surface area (Å²) in [4.78, 5) is 32.2. The molecule has 3 aromatic carbocycles. The Labute approximate surface area is 259 Å². The lowest BCUT2D eigenvalue weighted by Gasteiger charge is -2.24. The number of carbonyl (C=O) groups is 1. The molecule has 0 unspecified atom stereocenters. The van der Waals surface area contributed by atoms with Gasteiger partial charge >= 0.3 is 5.97 Å².